The molecule has 150 valence electrons. The molecule has 30 heavy (non-hydrogen) atoms. The van der Waals surface area contributed by atoms with Crippen molar-refractivity contribution in [2.45, 2.75) is 19.1 Å². The molecule has 1 aromatic heterocycles. The first-order chi connectivity index (χ1) is 14.6. The third-order valence-electron chi connectivity index (χ3n) is 5.24. The number of aryl methyl sites for hydroxylation is 1. The molecule has 0 fully saturated rings. The van der Waals surface area contributed by atoms with Crippen LogP contribution in [0.15, 0.2) is 96.2 Å². The zero-order valence-corrected chi connectivity index (χ0v) is 16.7. The number of benzene rings is 3. The monoisotopic (exact) mass is 397 g/mol. The van der Waals surface area contributed by atoms with Crippen LogP contribution in [0.5, 0.6) is 0 Å². The van der Waals surface area contributed by atoms with Gasteiger partial charge < -0.3 is 9.67 Å². The van der Waals surface area contributed by atoms with E-state index in [4.69, 9.17) is 0 Å². The van der Waals surface area contributed by atoms with Crippen molar-refractivity contribution < 1.29 is 9.90 Å². The number of amides is 1. The molecule has 2 N–H and O–H groups in total. The molecule has 0 saturated heterocycles. The molecule has 1 heterocycles. The van der Waals surface area contributed by atoms with Gasteiger partial charge in [0.15, 0.2) is 5.60 Å². The maximum absolute atomic E-state index is 13.1. The predicted octanol–water partition coefficient (Wildman–Crippen LogP) is 4.05. The maximum Gasteiger partial charge on any atom is 0.281 e. The SMILES string of the molecule is CCn1cc(/C=N/NC(=O)C(O)(c2ccccc2)c2ccccc2)c2ccccc21. The fourth-order valence-corrected chi connectivity index (χ4v) is 3.67. The lowest BCUT2D eigenvalue weighted by Crippen LogP contribution is -2.43. The van der Waals surface area contributed by atoms with Crippen LogP contribution in [0.1, 0.15) is 23.6 Å². The first-order valence-corrected chi connectivity index (χ1v) is 9.89. The number of fused-ring (bicyclic) bond motifs is 1. The number of para-hydroxylation sites is 1. The van der Waals surface area contributed by atoms with E-state index in [9.17, 15) is 9.90 Å². The Morgan fingerprint density at radius 1 is 0.967 bits per heavy atom. The molecular formula is C25H23N3O2. The molecule has 3 aromatic carbocycles. The molecule has 0 bridgehead atoms. The highest BCUT2D eigenvalue weighted by atomic mass is 16.3. The minimum absolute atomic E-state index is 0.478. The number of aromatic nitrogens is 1. The van der Waals surface area contributed by atoms with E-state index in [1.807, 2.05) is 36.5 Å². The number of nitrogens with zero attached hydrogens (tertiary/aromatic N) is 2. The van der Waals surface area contributed by atoms with Gasteiger partial charge in [-0.05, 0) is 24.1 Å². The molecule has 5 nitrogen and oxygen atoms in total. The van der Waals surface area contributed by atoms with Crippen LogP contribution in [0.4, 0.5) is 0 Å². The van der Waals surface area contributed by atoms with Gasteiger partial charge in [0.2, 0.25) is 0 Å². The molecule has 0 aliphatic carbocycles. The van der Waals surface area contributed by atoms with Crippen molar-refractivity contribution in [2.24, 2.45) is 5.10 Å². The Morgan fingerprint density at radius 3 is 2.13 bits per heavy atom. The van der Waals surface area contributed by atoms with Crippen LogP contribution in [0, 0.1) is 0 Å². The zero-order chi connectivity index (χ0) is 21.0. The Kier molecular flexibility index (Phi) is 5.46. The summed E-state index contributed by atoms with van der Waals surface area (Å²) < 4.78 is 2.13. The third-order valence-corrected chi connectivity index (χ3v) is 5.24. The smallest absolute Gasteiger partial charge is 0.281 e. The molecule has 0 atom stereocenters. The van der Waals surface area contributed by atoms with Gasteiger partial charge in [-0.25, -0.2) is 5.43 Å². The Hall–Kier alpha value is -3.70. The second-order valence-corrected chi connectivity index (χ2v) is 7.03. The highest BCUT2D eigenvalue weighted by Crippen LogP contribution is 2.30. The van der Waals surface area contributed by atoms with Crippen LogP contribution in [-0.4, -0.2) is 21.8 Å². The molecule has 0 aliphatic rings. The van der Waals surface area contributed by atoms with Crippen molar-refractivity contribution >= 4 is 23.0 Å². The number of rotatable bonds is 6. The summed E-state index contributed by atoms with van der Waals surface area (Å²) >= 11 is 0. The predicted molar refractivity (Wildman–Crippen MR) is 119 cm³/mol. The van der Waals surface area contributed by atoms with E-state index in [1.165, 1.54) is 0 Å². The second-order valence-electron chi connectivity index (χ2n) is 7.03. The molecule has 0 aliphatic heterocycles. The lowest BCUT2D eigenvalue weighted by molar-refractivity contribution is -0.136. The van der Waals surface area contributed by atoms with Crippen LogP contribution in [-0.2, 0) is 16.9 Å². The quantitative estimate of drug-likeness (QED) is 0.381. The minimum Gasteiger partial charge on any atom is -0.372 e. The van der Waals surface area contributed by atoms with Crippen LogP contribution in [0.3, 0.4) is 0 Å². The Morgan fingerprint density at radius 2 is 1.53 bits per heavy atom. The molecule has 0 radical (unpaired) electrons. The molecule has 0 saturated carbocycles. The Labute approximate surface area is 175 Å². The Bertz CT molecular complexity index is 1140. The lowest BCUT2D eigenvalue weighted by atomic mass is 9.85. The van der Waals surface area contributed by atoms with Crippen LogP contribution < -0.4 is 5.43 Å². The summed E-state index contributed by atoms with van der Waals surface area (Å²) in [6, 6.07) is 25.8. The van der Waals surface area contributed by atoms with E-state index < -0.39 is 11.5 Å². The van der Waals surface area contributed by atoms with E-state index in [0.29, 0.717) is 11.1 Å². The second kappa shape index (κ2) is 8.35. The van der Waals surface area contributed by atoms with E-state index in [1.54, 1.807) is 54.7 Å². The summed E-state index contributed by atoms with van der Waals surface area (Å²) in [6.07, 6.45) is 3.61. The average Bonchev–Trinajstić information content (AvgIpc) is 3.17. The number of hydrogen-bond donors (Lipinski definition) is 2. The summed E-state index contributed by atoms with van der Waals surface area (Å²) in [5.41, 5.74) is 3.65. The normalized spacial score (nSPS) is 11.8. The largest absolute Gasteiger partial charge is 0.372 e. The highest BCUT2D eigenvalue weighted by Gasteiger charge is 2.39. The number of carbonyl (C=O) groups excluding carboxylic acids is 1. The van der Waals surface area contributed by atoms with Gasteiger partial charge >= 0.3 is 0 Å². The van der Waals surface area contributed by atoms with Crippen molar-refractivity contribution in [3.05, 3.63) is 108 Å². The molecule has 1 amide bonds. The lowest BCUT2D eigenvalue weighted by Gasteiger charge is -2.27. The van der Waals surface area contributed by atoms with Crippen molar-refractivity contribution in [2.75, 3.05) is 0 Å². The van der Waals surface area contributed by atoms with Crippen LogP contribution >= 0.6 is 0 Å². The van der Waals surface area contributed by atoms with Gasteiger partial charge in [-0.15, -0.1) is 0 Å². The van der Waals surface area contributed by atoms with Gasteiger partial charge in [0.1, 0.15) is 0 Å². The van der Waals surface area contributed by atoms with E-state index in [0.717, 1.165) is 23.0 Å². The van der Waals surface area contributed by atoms with Gasteiger partial charge in [-0.2, -0.15) is 5.10 Å². The number of carbonyl (C=O) groups is 1. The molecule has 5 heteroatoms. The molecule has 4 rings (SSSR count). The van der Waals surface area contributed by atoms with Crippen molar-refractivity contribution in [3.63, 3.8) is 0 Å². The fraction of sp³-hybridized carbons (Fsp3) is 0.120. The van der Waals surface area contributed by atoms with Gasteiger partial charge in [0.05, 0.1) is 6.21 Å². The van der Waals surface area contributed by atoms with Crippen LogP contribution in [0.25, 0.3) is 10.9 Å². The first-order valence-electron chi connectivity index (χ1n) is 9.89. The topological polar surface area (TPSA) is 66.6 Å². The van der Waals surface area contributed by atoms with Gasteiger partial charge in [-0.3, -0.25) is 4.79 Å². The van der Waals surface area contributed by atoms with Gasteiger partial charge in [-0.1, -0.05) is 78.9 Å². The minimum atomic E-state index is -1.85. The van der Waals surface area contributed by atoms with Gasteiger partial charge in [0.25, 0.3) is 5.91 Å². The van der Waals surface area contributed by atoms with Crippen molar-refractivity contribution in [1.29, 1.82) is 0 Å². The Balaban J connectivity index is 1.65. The van der Waals surface area contributed by atoms with Crippen molar-refractivity contribution in [1.82, 2.24) is 9.99 Å². The zero-order valence-electron chi connectivity index (χ0n) is 16.7. The summed E-state index contributed by atoms with van der Waals surface area (Å²) in [5, 5.41) is 16.7. The molecule has 0 spiro atoms. The number of hydrogen-bond acceptors (Lipinski definition) is 3. The number of nitrogens with one attached hydrogen (secondary N) is 1. The highest BCUT2D eigenvalue weighted by molar-refractivity contribution is 6.00. The van der Waals surface area contributed by atoms with E-state index >= 15 is 0 Å². The van der Waals surface area contributed by atoms with E-state index in [-0.39, 0.29) is 0 Å². The third kappa shape index (κ3) is 3.51. The maximum atomic E-state index is 13.1. The average molecular weight is 397 g/mol. The van der Waals surface area contributed by atoms with Gasteiger partial charge in [0, 0.05) is 29.2 Å². The summed E-state index contributed by atoms with van der Waals surface area (Å²) in [4.78, 5) is 13.1. The fourth-order valence-electron chi connectivity index (χ4n) is 3.67. The summed E-state index contributed by atoms with van der Waals surface area (Å²) in [6.45, 7) is 2.91. The molecule has 0 unspecified atom stereocenters. The molecule has 4 aromatic rings. The number of aliphatic hydroxyl groups is 1. The number of hydrazone groups is 1. The summed E-state index contributed by atoms with van der Waals surface area (Å²) in [5.74, 6) is -0.615. The molecular weight excluding hydrogens is 374 g/mol. The van der Waals surface area contributed by atoms with E-state index in [2.05, 4.69) is 28.1 Å². The van der Waals surface area contributed by atoms with Crippen molar-refractivity contribution in [3.8, 4) is 0 Å². The first kappa shape index (κ1) is 19.6. The standard InChI is InChI=1S/C25H23N3O2/c1-2-28-18-19(22-15-9-10-16-23(22)28)17-26-27-24(29)25(30,20-11-5-3-6-12-20)21-13-7-4-8-14-21/h3-18,30H,2H2,1H3,(H,27,29)/b26-17+. The van der Waals surface area contributed by atoms with Crippen LogP contribution in [0.2, 0.25) is 0 Å². The summed E-state index contributed by atoms with van der Waals surface area (Å²) in [7, 11) is 0.